The predicted octanol–water partition coefficient (Wildman–Crippen LogP) is 6.76. The first-order chi connectivity index (χ1) is 13.0. The summed E-state index contributed by atoms with van der Waals surface area (Å²) in [5.41, 5.74) is 8.29. The maximum Gasteiger partial charge on any atom is 0.123 e. The van der Waals surface area contributed by atoms with Gasteiger partial charge in [0.25, 0.3) is 0 Å². The lowest BCUT2D eigenvalue weighted by Gasteiger charge is -2.12. The molecule has 1 aliphatic carbocycles. The van der Waals surface area contributed by atoms with E-state index in [0.29, 0.717) is 12.1 Å². The van der Waals surface area contributed by atoms with Crippen LogP contribution in [0.3, 0.4) is 0 Å². The van der Waals surface area contributed by atoms with Gasteiger partial charge in [0, 0.05) is 12.2 Å². The van der Waals surface area contributed by atoms with Gasteiger partial charge >= 0.3 is 0 Å². The number of allylic oxidation sites excluding steroid dienone is 6. The molecule has 1 N–H and O–H groups in total. The summed E-state index contributed by atoms with van der Waals surface area (Å²) < 4.78 is 13.6. The van der Waals surface area contributed by atoms with E-state index >= 15 is 0 Å². The van der Waals surface area contributed by atoms with Crippen LogP contribution in [0.25, 0.3) is 5.57 Å². The minimum atomic E-state index is -0.259. The van der Waals surface area contributed by atoms with Crippen LogP contribution < -0.4 is 5.32 Å². The van der Waals surface area contributed by atoms with Crippen LogP contribution in [-0.2, 0) is 12.8 Å². The van der Waals surface area contributed by atoms with Crippen molar-refractivity contribution in [3.8, 4) is 0 Å². The second kappa shape index (κ2) is 10.1. The highest BCUT2D eigenvalue weighted by Crippen LogP contribution is 2.29. The Morgan fingerprint density at radius 1 is 1.15 bits per heavy atom. The SMILES string of the molecule is C=C(CNC(/C=C\C(=C/C)c1cc2c(cc1C)CCC2)=C\CC)/C(F)=C\C. The topological polar surface area (TPSA) is 12.0 Å². The Morgan fingerprint density at radius 3 is 2.48 bits per heavy atom. The molecule has 1 aliphatic rings. The van der Waals surface area contributed by atoms with E-state index in [0.717, 1.165) is 12.1 Å². The molecule has 0 aliphatic heterocycles. The van der Waals surface area contributed by atoms with E-state index in [2.05, 4.69) is 69.1 Å². The third-order valence-electron chi connectivity index (χ3n) is 5.02. The monoisotopic (exact) mass is 365 g/mol. The van der Waals surface area contributed by atoms with Gasteiger partial charge in [0.15, 0.2) is 0 Å². The Kier molecular flexibility index (Phi) is 7.84. The number of fused-ring (bicyclic) bond motifs is 1. The van der Waals surface area contributed by atoms with Crippen LogP contribution in [0.4, 0.5) is 4.39 Å². The number of aryl methyl sites for hydroxylation is 3. The number of benzene rings is 1. The Labute approximate surface area is 164 Å². The van der Waals surface area contributed by atoms with E-state index in [1.54, 1.807) is 6.92 Å². The first-order valence-corrected chi connectivity index (χ1v) is 9.91. The zero-order valence-electron chi connectivity index (χ0n) is 17.2. The minimum absolute atomic E-state index is 0.259. The maximum atomic E-state index is 13.6. The normalized spacial score (nSPS) is 15.4. The molecule has 1 nitrogen and oxygen atoms in total. The van der Waals surface area contributed by atoms with Crippen LogP contribution in [0.15, 0.2) is 66.2 Å². The van der Waals surface area contributed by atoms with Gasteiger partial charge in [-0.25, -0.2) is 4.39 Å². The molecule has 0 saturated heterocycles. The second-order valence-corrected chi connectivity index (χ2v) is 7.03. The van der Waals surface area contributed by atoms with E-state index in [9.17, 15) is 4.39 Å². The largest absolute Gasteiger partial charge is 0.381 e. The maximum absolute atomic E-state index is 13.6. The predicted molar refractivity (Wildman–Crippen MR) is 116 cm³/mol. The summed E-state index contributed by atoms with van der Waals surface area (Å²) in [7, 11) is 0. The fourth-order valence-electron chi connectivity index (χ4n) is 3.50. The molecule has 0 spiro atoms. The van der Waals surface area contributed by atoms with E-state index < -0.39 is 0 Å². The molecule has 1 aromatic carbocycles. The van der Waals surface area contributed by atoms with Gasteiger partial charge in [-0.2, -0.15) is 0 Å². The van der Waals surface area contributed by atoms with Crippen molar-refractivity contribution in [3.05, 3.63) is 88.4 Å². The lowest BCUT2D eigenvalue weighted by Crippen LogP contribution is -2.15. The zero-order chi connectivity index (χ0) is 19.8. The quantitative estimate of drug-likeness (QED) is 0.502. The highest BCUT2D eigenvalue weighted by atomic mass is 19.1. The molecule has 0 atom stereocenters. The Balaban J connectivity index is 2.17. The average molecular weight is 366 g/mol. The van der Waals surface area contributed by atoms with Gasteiger partial charge in [0.1, 0.15) is 5.83 Å². The van der Waals surface area contributed by atoms with Gasteiger partial charge < -0.3 is 5.32 Å². The van der Waals surface area contributed by atoms with Crippen molar-refractivity contribution < 1.29 is 4.39 Å². The van der Waals surface area contributed by atoms with E-state index in [1.807, 2.05) is 0 Å². The molecular formula is C25H32FN. The molecule has 0 radical (unpaired) electrons. The summed E-state index contributed by atoms with van der Waals surface area (Å²) in [6.45, 7) is 12.2. The number of hydrogen-bond acceptors (Lipinski definition) is 1. The Hall–Kier alpha value is -2.35. The van der Waals surface area contributed by atoms with E-state index in [1.165, 1.54) is 53.2 Å². The smallest absolute Gasteiger partial charge is 0.123 e. The summed E-state index contributed by atoms with van der Waals surface area (Å²) in [4.78, 5) is 0. The van der Waals surface area contributed by atoms with Crippen molar-refractivity contribution in [1.29, 1.82) is 0 Å². The van der Waals surface area contributed by atoms with Gasteiger partial charge in [-0.1, -0.05) is 49.9 Å². The van der Waals surface area contributed by atoms with Gasteiger partial charge in [-0.3, -0.25) is 0 Å². The molecule has 0 unspecified atom stereocenters. The zero-order valence-corrected chi connectivity index (χ0v) is 17.2. The van der Waals surface area contributed by atoms with Crippen LogP contribution in [0.1, 0.15) is 55.9 Å². The third kappa shape index (κ3) is 5.56. The molecule has 2 heteroatoms. The van der Waals surface area contributed by atoms with Gasteiger partial charge in [0.05, 0.1) is 0 Å². The summed E-state index contributed by atoms with van der Waals surface area (Å²) in [5.74, 6) is -0.259. The Bertz CT molecular complexity index is 806. The van der Waals surface area contributed by atoms with Crippen LogP contribution in [-0.4, -0.2) is 6.54 Å². The van der Waals surface area contributed by atoms with Crippen LogP contribution in [0.2, 0.25) is 0 Å². The first kappa shape index (κ1) is 21.0. The van der Waals surface area contributed by atoms with Gasteiger partial charge in [0.2, 0.25) is 0 Å². The number of nitrogens with one attached hydrogen (secondary N) is 1. The fraction of sp³-hybridized carbons (Fsp3) is 0.360. The minimum Gasteiger partial charge on any atom is -0.381 e. The number of halogens is 1. The second-order valence-electron chi connectivity index (χ2n) is 7.03. The number of rotatable bonds is 8. The lowest BCUT2D eigenvalue weighted by atomic mass is 9.95. The molecule has 144 valence electrons. The van der Waals surface area contributed by atoms with Crippen LogP contribution in [0.5, 0.6) is 0 Å². The molecule has 0 saturated carbocycles. The molecule has 0 fully saturated rings. The standard InChI is InChI=1S/C25H32FN/c1-6-10-23(27-17-19(5)25(26)8-3)14-13-20(7-2)24-16-22-12-9-11-21(22)15-18(24)4/h7-8,10,13-16,27H,5-6,9,11-12,17H2,1-4H3/b14-13-,20-7+,23-10-,25-8+. The van der Waals surface area contributed by atoms with Crippen LogP contribution in [0, 0.1) is 6.92 Å². The fourth-order valence-corrected chi connectivity index (χ4v) is 3.50. The average Bonchev–Trinajstić information content (AvgIpc) is 3.12. The molecule has 1 aromatic rings. The molecule has 0 heterocycles. The highest BCUT2D eigenvalue weighted by molar-refractivity contribution is 5.77. The van der Waals surface area contributed by atoms with E-state index in [4.69, 9.17) is 0 Å². The van der Waals surface area contributed by atoms with Gasteiger partial charge in [-0.05, 0) is 85.9 Å². The number of hydrogen-bond donors (Lipinski definition) is 1. The molecular weight excluding hydrogens is 333 g/mol. The first-order valence-electron chi connectivity index (χ1n) is 9.91. The summed E-state index contributed by atoms with van der Waals surface area (Å²) in [6.07, 6.45) is 14.5. The molecule has 0 aromatic heterocycles. The highest BCUT2D eigenvalue weighted by Gasteiger charge is 2.14. The summed E-state index contributed by atoms with van der Waals surface area (Å²) >= 11 is 0. The van der Waals surface area contributed by atoms with Crippen molar-refractivity contribution in [3.63, 3.8) is 0 Å². The van der Waals surface area contributed by atoms with Gasteiger partial charge in [-0.15, -0.1) is 0 Å². The molecule has 0 amide bonds. The van der Waals surface area contributed by atoms with E-state index in [-0.39, 0.29) is 5.83 Å². The van der Waals surface area contributed by atoms with Crippen molar-refractivity contribution in [2.24, 2.45) is 0 Å². The molecule has 0 bridgehead atoms. The summed E-state index contributed by atoms with van der Waals surface area (Å²) in [5, 5.41) is 3.29. The third-order valence-corrected chi connectivity index (χ3v) is 5.02. The Morgan fingerprint density at radius 2 is 1.85 bits per heavy atom. The van der Waals surface area contributed by atoms with Crippen molar-refractivity contribution >= 4 is 5.57 Å². The molecule has 27 heavy (non-hydrogen) atoms. The van der Waals surface area contributed by atoms with Crippen molar-refractivity contribution in [1.82, 2.24) is 5.32 Å². The van der Waals surface area contributed by atoms with Crippen molar-refractivity contribution in [2.75, 3.05) is 6.54 Å². The van der Waals surface area contributed by atoms with Crippen LogP contribution >= 0.6 is 0 Å². The summed E-state index contributed by atoms with van der Waals surface area (Å²) in [6, 6.07) is 4.71. The molecule has 2 rings (SSSR count). The lowest BCUT2D eigenvalue weighted by molar-refractivity contribution is 0.638. The van der Waals surface area contributed by atoms with Crippen molar-refractivity contribution in [2.45, 2.75) is 53.4 Å².